The van der Waals surface area contributed by atoms with Gasteiger partial charge in [-0.2, -0.15) is 0 Å². The summed E-state index contributed by atoms with van der Waals surface area (Å²) in [5.41, 5.74) is 4.27. The normalized spacial score (nSPS) is 11.8. The van der Waals surface area contributed by atoms with Gasteiger partial charge in [-0.1, -0.05) is 50.6 Å². The first-order chi connectivity index (χ1) is 9.21. The van der Waals surface area contributed by atoms with E-state index in [1.54, 1.807) is 0 Å². The molecule has 0 saturated heterocycles. The van der Waals surface area contributed by atoms with Crippen LogP contribution in [0.25, 0.3) is 11.4 Å². The summed E-state index contributed by atoms with van der Waals surface area (Å²) in [6.45, 7) is 10.5. The van der Waals surface area contributed by atoms with E-state index < -0.39 is 0 Å². The standard InChI is InChI=1S/C16H18BrClN2/c1-9-7-6-8-11(10(9)2)15-19-13(16(3,4)5)12(17)14(18)20-15/h6-8H,1-5H3. The second kappa shape index (κ2) is 5.45. The maximum Gasteiger partial charge on any atom is 0.161 e. The molecule has 1 heterocycles. The Morgan fingerprint density at radius 3 is 2.35 bits per heavy atom. The second-order valence-corrected chi connectivity index (χ2v) is 7.15. The van der Waals surface area contributed by atoms with Crippen LogP contribution < -0.4 is 0 Å². The molecular weight excluding hydrogens is 336 g/mol. The molecule has 0 aliphatic heterocycles. The summed E-state index contributed by atoms with van der Waals surface area (Å²) in [5.74, 6) is 0.685. The number of aryl methyl sites for hydroxylation is 1. The van der Waals surface area contributed by atoms with Crippen LogP contribution in [0.3, 0.4) is 0 Å². The molecule has 0 saturated carbocycles. The zero-order chi connectivity index (χ0) is 15.1. The lowest BCUT2D eigenvalue weighted by atomic mass is 9.92. The summed E-state index contributed by atoms with van der Waals surface area (Å²) in [7, 11) is 0. The lowest BCUT2D eigenvalue weighted by molar-refractivity contribution is 0.564. The Kier molecular flexibility index (Phi) is 4.22. The molecule has 2 nitrogen and oxygen atoms in total. The third-order valence-corrected chi connectivity index (χ3v) is 4.62. The molecule has 20 heavy (non-hydrogen) atoms. The van der Waals surface area contributed by atoms with Crippen LogP contribution >= 0.6 is 27.5 Å². The van der Waals surface area contributed by atoms with Crippen LogP contribution in [0.4, 0.5) is 0 Å². The Morgan fingerprint density at radius 2 is 1.75 bits per heavy atom. The van der Waals surface area contributed by atoms with Crippen molar-refractivity contribution in [1.82, 2.24) is 9.97 Å². The highest BCUT2D eigenvalue weighted by Gasteiger charge is 2.23. The van der Waals surface area contributed by atoms with Crippen LogP contribution in [0, 0.1) is 13.8 Å². The van der Waals surface area contributed by atoms with Gasteiger partial charge in [-0.25, -0.2) is 9.97 Å². The number of hydrogen-bond acceptors (Lipinski definition) is 2. The fourth-order valence-corrected chi connectivity index (χ4v) is 2.97. The molecule has 0 unspecified atom stereocenters. The molecule has 0 aliphatic carbocycles. The van der Waals surface area contributed by atoms with Crippen LogP contribution in [0.15, 0.2) is 22.7 Å². The Hall–Kier alpha value is -0.930. The predicted molar refractivity (Wildman–Crippen MR) is 88.4 cm³/mol. The van der Waals surface area contributed by atoms with Crippen molar-refractivity contribution in [3.05, 3.63) is 44.6 Å². The number of hydrogen-bond donors (Lipinski definition) is 0. The van der Waals surface area contributed by atoms with Gasteiger partial charge in [0.2, 0.25) is 0 Å². The number of nitrogens with zero attached hydrogens (tertiary/aromatic N) is 2. The van der Waals surface area contributed by atoms with Crippen molar-refractivity contribution >= 4 is 27.5 Å². The molecule has 4 heteroatoms. The van der Waals surface area contributed by atoms with Gasteiger partial charge in [0, 0.05) is 11.0 Å². The first-order valence-corrected chi connectivity index (χ1v) is 7.69. The Balaban J connectivity index is 2.71. The molecule has 0 aliphatic rings. The van der Waals surface area contributed by atoms with E-state index in [4.69, 9.17) is 16.6 Å². The van der Waals surface area contributed by atoms with Crippen LogP contribution in [0.1, 0.15) is 37.6 Å². The minimum atomic E-state index is -0.0993. The molecule has 0 amide bonds. The Bertz CT molecular complexity index is 660. The number of benzene rings is 1. The summed E-state index contributed by atoms with van der Waals surface area (Å²) in [6, 6.07) is 6.14. The molecule has 1 aromatic carbocycles. The number of halogens is 2. The lowest BCUT2D eigenvalue weighted by Gasteiger charge is -2.21. The third-order valence-electron chi connectivity index (χ3n) is 3.37. The summed E-state index contributed by atoms with van der Waals surface area (Å²) in [4.78, 5) is 9.16. The number of rotatable bonds is 1. The van der Waals surface area contributed by atoms with E-state index in [0.717, 1.165) is 15.7 Å². The van der Waals surface area contributed by atoms with E-state index in [1.807, 2.05) is 12.1 Å². The van der Waals surface area contributed by atoms with Gasteiger partial charge in [-0.3, -0.25) is 0 Å². The van der Waals surface area contributed by atoms with Crippen LogP contribution in [-0.2, 0) is 5.41 Å². The van der Waals surface area contributed by atoms with Crippen molar-refractivity contribution < 1.29 is 0 Å². The zero-order valence-electron chi connectivity index (χ0n) is 12.4. The molecule has 0 N–H and O–H groups in total. The van der Waals surface area contributed by atoms with Gasteiger partial charge >= 0.3 is 0 Å². The second-order valence-electron chi connectivity index (χ2n) is 6.00. The van der Waals surface area contributed by atoms with Crippen molar-refractivity contribution in [2.24, 2.45) is 0 Å². The van der Waals surface area contributed by atoms with Crippen LogP contribution in [-0.4, -0.2) is 9.97 Å². The topological polar surface area (TPSA) is 25.8 Å². The smallest absolute Gasteiger partial charge is 0.161 e. The molecule has 2 rings (SSSR count). The first kappa shape index (κ1) is 15.5. The van der Waals surface area contributed by atoms with Crippen LogP contribution in [0.5, 0.6) is 0 Å². The highest BCUT2D eigenvalue weighted by atomic mass is 79.9. The van der Waals surface area contributed by atoms with Gasteiger partial charge in [0.05, 0.1) is 10.2 Å². The van der Waals surface area contributed by atoms with Gasteiger partial charge in [0.15, 0.2) is 5.82 Å². The first-order valence-electron chi connectivity index (χ1n) is 6.52. The summed E-state index contributed by atoms with van der Waals surface area (Å²) >= 11 is 9.77. The number of aromatic nitrogens is 2. The van der Waals surface area contributed by atoms with E-state index in [2.05, 4.69) is 61.6 Å². The molecular formula is C16H18BrClN2. The molecule has 0 fully saturated rings. The van der Waals surface area contributed by atoms with Gasteiger partial charge in [0.25, 0.3) is 0 Å². The van der Waals surface area contributed by atoms with Crippen LogP contribution in [0.2, 0.25) is 5.15 Å². The molecule has 0 radical (unpaired) electrons. The fourth-order valence-electron chi connectivity index (χ4n) is 2.03. The van der Waals surface area contributed by atoms with E-state index >= 15 is 0 Å². The minimum absolute atomic E-state index is 0.0993. The zero-order valence-corrected chi connectivity index (χ0v) is 14.7. The van der Waals surface area contributed by atoms with Crippen molar-refractivity contribution in [3.8, 4) is 11.4 Å². The largest absolute Gasteiger partial charge is 0.231 e. The SMILES string of the molecule is Cc1cccc(-c2nc(Cl)c(Br)c(C(C)(C)C)n2)c1C. The van der Waals surface area contributed by atoms with Gasteiger partial charge in [-0.05, 0) is 40.9 Å². The van der Waals surface area contributed by atoms with E-state index in [0.29, 0.717) is 11.0 Å². The third kappa shape index (κ3) is 2.89. The Labute approximate surface area is 133 Å². The molecule has 1 aromatic heterocycles. The van der Waals surface area contributed by atoms with Gasteiger partial charge in [0.1, 0.15) is 5.15 Å². The maximum atomic E-state index is 6.27. The Morgan fingerprint density at radius 1 is 1.10 bits per heavy atom. The summed E-state index contributed by atoms with van der Waals surface area (Å²) < 4.78 is 0.778. The predicted octanol–water partition coefficient (Wildman–Crippen LogP) is 5.47. The summed E-state index contributed by atoms with van der Waals surface area (Å²) in [6.07, 6.45) is 0. The molecule has 0 bridgehead atoms. The van der Waals surface area contributed by atoms with Gasteiger partial charge < -0.3 is 0 Å². The molecule has 0 atom stereocenters. The highest BCUT2D eigenvalue weighted by Crippen LogP contribution is 2.34. The summed E-state index contributed by atoms with van der Waals surface area (Å²) in [5, 5.41) is 0.459. The fraction of sp³-hybridized carbons (Fsp3) is 0.375. The monoisotopic (exact) mass is 352 g/mol. The molecule has 106 valence electrons. The highest BCUT2D eigenvalue weighted by molar-refractivity contribution is 9.10. The van der Waals surface area contributed by atoms with E-state index in [1.165, 1.54) is 11.1 Å². The lowest BCUT2D eigenvalue weighted by Crippen LogP contribution is -2.16. The van der Waals surface area contributed by atoms with Gasteiger partial charge in [-0.15, -0.1) is 0 Å². The van der Waals surface area contributed by atoms with Crippen molar-refractivity contribution in [3.63, 3.8) is 0 Å². The van der Waals surface area contributed by atoms with Crippen molar-refractivity contribution in [2.45, 2.75) is 40.0 Å². The minimum Gasteiger partial charge on any atom is -0.231 e. The maximum absolute atomic E-state index is 6.27. The quantitative estimate of drug-likeness (QED) is 0.635. The average molecular weight is 354 g/mol. The average Bonchev–Trinajstić information content (AvgIpc) is 2.34. The van der Waals surface area contributed by atoms with Crippen molar-refractivity contribution in [2.75, 3.05) is 0 Å². The molecule has 0 spiro atoms. The van der Waals surface area contributed by atoms with E-state index in [-0.39, 0.29) is 5.41 Å². The molecule has 2 aromatic rings. The van der Waals surface area contributed by atoms with Crippen molar-refractivity contribution in [1.29, 1.82) is 0 Å². The van der Waals surface area contributed by atoms with E-state index in [9.17, 15) is 0 Å².